The summed E-state index contributed by atoms with van der Waals surface area (Å²) in [6, 6.07) is 10.3. The molecule has 0 saturated carbocycles. The van der Waals surface area contributed by atoms with Crippen LogP contribution < -0.4 is 5.32 Å². The number of fused-ring (bicyclic) bond motifs is 3. The fourth-order valence-electron chi connectivity index (χ4n) is 3.47. The van der Waals surface area contributed by atoms with E-state index in [4.69, 9.17) is 0 Å². The fourth-order valence-corrected chi connectivity index (χ4v) is 3.47. The van der Waals surface area contributed by atoms with Crippen LogP contribution >= 0.6 is 0 Å². The van der Waals surface area contributed by atoms with E-state index >= 15 is 0 Å². The van der Waals surface area contributed by atoms with Crippen LogP contribution in [0, 0.1) is 18.7 Å². The van der Waals surface area contributed by atoms with Crippen LogP contribution in [0.25, 0.3) is 5.65 Å². The SMILES string of the molecule is Cc1ccc2nc3c(n2c1)CC(C(=O)NCc1ccc(F)cc1)CC3. The first-order valence-corrected chi connectivity index (χ1v) is 8.59. The highest BCUT2D eigenvalue weighted by Crippen LogP contribution is 2.27. The first-order valence-electron chi connectivity index (χ1n) is 8.59. The van der Waals surface area contributed by atoms with Crippen molar-refractivity contribution in [2.75, 3.05) is 0 Å². The highest BCUT2D eigenvalue weighted by molar-refractivity contribution is 5.79. The maximum absolute atomic E-state index is 12.9. The summed E-state index contributed by atoms with van der Waals surface area (Å²) in [6.07, 6.45) is 4.42. The van der Waals surface area contributed by atoms with Crippen molar-refractivity contribution < 1.29 is 9.18 Å². The van der Waals surface area contributed by atoms with Gasteiger partial charge in [-0.15, -0.1) is 0 Å². The molecule has 1 aliphatic carbocycles. The number of benzene rings is 1. The summed E-state index contributed by atoms with van der Waals surface area (Å²) >= 11 is 0. The predicted molar refractivity (Wildman–Crippen MR) is 93.7 cm³/mol. The summed E-state index contributed by atoms with van der Waals surface area (Å²) in [5.74, 6) is -0.260. The number of carbonyl (C=O) groups excluding carboxylic acids is 1. The number of pyridine rings is 1. The fraction of sp³-hybridized carbons (Fsp3) is 0.300. The Morgan fingerprint density at radius 1 is 1.28 bits per heavy atom. The van der Waals surface area contributed by atoms with E-state index in [0.717, 1.165) is 35.4 Å². The topological polar surface area (TPSA) is 46.4 Å². The van der Waals surface area contributed by atoms with Gasteiger partial charge >= 0.3 is 0 Å². The number of rotatable bonds is 3. The minimum Gasteiger partial charge on any atom is -0.352 e. The van der Waals surface area contributed by atoms with Crippen LogP contribution in [-0.2, 0) is 24.2 Å². The molecular weight excluding hydrogens is 317 g/mol. The van der Waals surface area contributed by atoms with Crippen molar-refractivity contribution in [1.82, 2.24) is 14.7 Å². The van der Waals surface area contributed by atoms with Crippen molar-refractivity contribution >= 4 is 11.6 Å². The van der Waals surface area contributed by atoms with Crippen molar-refractivity contribution in [3.05, 3.63) is 70.9 Å². The lowest BCUT2D eigenvalue weighted by molar-refractivity contribution is -0.125. The molecular formula is C20H20FN3O. The van der Waals surface area contributed by atoms with Gasteiger partial charge in [0.05, 0.1) is 5.69 Å². The number of hydrogen-bond donors (Lipinski definition) is 1. The maximum Gasteiger partial charge on any atom is 0.223 e. The van der Waals surface area contributed by atoms with Gasteiger partial charge in [0, 0.05) is 30.8 Å². The van der Waals surface area contributed by atoms with E-state index in [9.17, 15) is 9.18 Å². The monoisotopic (exact) mass is 337 g/mol. The first-order chi connectivity index (χ1) is 12.1. The molecule has 25 heavy (non-hydrogen) atoms. The number of nitrogens with zero attached hydrogens (tertiary/aromatic N) is 2. The third-order valence-electron chi connectivity index (χ3n) is 4.87. The van der Waals surface area contributed by atoms with Gasteiger partial charge in [-0.05, 0) is 49.1 Å². The molecule has 0 fully saturated rings. The van der Waals surface area contributed by atoms with Crippen molar-refractivity contribution in [2.45, 2.75) is 32.7 Å². The Morgan fingerprint density at radius 3 is 2.88 bits per heavy atom. The third kappa shape index (κ3) is 3.14. The molecule has 1 N–H and O–H groups in total. The quantitative estimate of drug-likeness (QED) is 0.798. The molecule has 0 aliphatic heterocycles. The van der Waals surface area contributed by atoms with Crippen molar-refractivity contribution in [2.24, 2.45) is 5.92 Å². The summed E-state index contributed by atoms with van der Waals surface area (Å²) in [5, 5.41) is 2.98. The Bertz CT molecular complexity index is 930. The van der Waals surface area contributed by atoms with Crippen molar-refractivity contribution in [3.8, 4) is 0 Å². The van der Waals surface area contributed by atoms with Crippen molar-refractivity contribution in [3.63, 3.8) is 0 Å². The second-order valence-corrected chi connectivity index (χ2v) is 6.72. The van der Waals surface area contributed by atoms with Crippen LogP contribution in [0.4, 0.5) is 4.39 Å². The lowest BCUT2D eigenvalue weighted by Crippen LogP contribution is -2.34. The largest absolute Gasteiger partial charge is 0.352 e. The molecule has 0 radical (unpaired) electrons. The highest BCUT2D eigenvalue weighted by Gasteiger charge is 2.27. The Labute approximate surface area is 145 Å². The van der Waals surface area contributed by atoms with E-state index in [1.54, 1.807) is 12.1 Å². The summed E-state index contributed by atoms with van der Waals surface area (Å²) in [7, 11) is 0. The first kappa shape index (κ1) is 15.8. The second kappa shape index (κ2) is 6.31. The van der Waals surface area contributed by atoms with Crippen LogP contribution in [-0.4, -0.2) is 15.3 Å². The van der Waals surface area contributed by atoms with Crippen LogP contribution in [0.5, 0.6) is 0 Å². The standard InChI is InChI=1S/C20H20FN3O/c1-13-2-9-19-23-17-8-5-15(10-18(17)24(19)12-13)20(25)22-11-14-3-6-16(21)7-4-14/h2-4,6-7,9,12,15H,5,8,10-11H2,1H3,(H,22,25). The Kier molecular flexibility index (Phi) is 3.99. The zero-order valence-electron chi connectivity index (χ0n) is 14.1. The number of amides is 1. The lowest BCUT2D eigenvalue weighted by atomic mass is 9.89. The van der Waals surface area contributed by atoms with E-state index in [0.29, 0.717) is 13.0 Å². The maximum atomic E-state index is 12.9. The smallest absolute Gasteiger partial charge is 0.223 e. The van der Waals surface area contributed by atoms with Gasteiger partial charge in [0.2, 0.25) is 5.91 Å². The van der Waals surface area contributed by atoms with Gasteiger partial charge in [-0.2, -0.15) is 0 Å². The molecule has 0 bridgehead atoms. The Balaban J connectivity index is 1.47. The Morgan fingerprint density at radius 2 is 2.08 bits per heavy atom. The molecule has 0 saturated heterocycles. The molecule has 1 amide bonds. The van der Waals surface area contributed by atoms with Gasteiger partial charge in [-0.3, -0.25) is 4.79 Å². The minimum atomic E-state index is -0.266. The lowest BCUT2D eigenvalue weighted by Gasteiger charge is -2.21. The molecule has 2 aromatic heterocycles. The number of hydrogen-bond acceptors (Lipinski definition) is 2. The van der Waals surface area contributed by atoms with Gasteiger partial charge in [0.25, 0.3) is 0 Å². The minimum absolute atomic E-state index is 0.0478. The zero-order valence-corrected chi connectivity index (χ0v) is 14.1. The second-order valence-electron chi connectivity index (χ2n) is 6.72. The van der Waals surface area contributed by atoms with E-state index in [1.165, 1.54) is 17.7 Å². The van der Waals surface area contributed by atoms with Crippen LogP contribution in [0.1, 0.15) is 28.9 Å². The van der Waals surface area contributed by atoms with Gasteiger partial charge in [-0.1, -0.05) is 18.2 Å². The van der Waals surface area contributed by atoms with E-state index in [-0.39, 0.29) is 17.6 Å². The zero-order chi connectivity index (χ0) is 17.4. The normalized spacial score (nSPS) is 16.6. The predicted octanol–water partition coefficient (Wildman–Crippen LogP) is 3.20. The highest BCUT2D eigenvalue weighted by atomic mass is 19.1. The molecule has 4 nitrogen and oxygen atoms in total. The molecule has 3 aromatic rings. The molecule has 1 atom stereocenters. The summed E-state index contributed by atoms with van der Waals surface area (Å²) in [4.78, 5) is 17.2. The van der Waals surface area contributed by atoms with E-state index in [1.807, 2.05) is 6.07 Å². The molecule has 5 heteroatoms. The molecule has 1 aromatic carbocycles. The van der Waals surface area contributed by atoms with Crippen LogP contribution in [0.15, 0.2) is 42.6 Å². The number of aromatic nitrogens is 2. The molecule has 4 rings (SSSR count). The number of imidazole rings is 1. The van der Waals surface area contributed by atoms with Crippen molar-refractivity contribution in [1.29, 1.82) is 0 Å². The molecule has 128 valence electrons. The van der Waals surface area contributed by atoms with Gasteiger partial charge in [0.1, 0.15) is 11.5 Å². The van der Waals surface area contributed by atoms with Crippen LogP contribution in [0.2, 0.25) is 0 Å². The average molecular weight is 337 g/mol. The van der Waals surface area contributed by atoms with Gasteiger partial charge < -0.3 is 9.72 Å². The third-order valence-corrected chi connectivity index (χ3v) is 4.87. The molecule has 1 aliphatic rings. The average Bonchev–Trinajstić information content (AvgIpc) is 2.98. The van der Waals surface area contributed by atoms with Gasteiger partial charge in [0.15, 0.2) is 0 Å². The van der Waals surface area contributed by atoms with Gasteiger partial charge in [-0.25, -0.2) is 9.37 Å². The molecule has 2 heterocycles. The number of nitrogens with one attached hydrogen (secondary N) is 1. The van der Waals surface area contributed by atoms with E-state index in [2.05, 4.69) is 33.9 Å². The number of halogens is 1. The Hall–Kier alpha value is -2.69. The van der Waals surface area contributed by atoms with Crippen LogP contribution in [0.3, 0.4) is 0 Å². The molecule has 1 unspecified atom stereocenters. The summed E-state index contributed by atoms with van der Waals surface area (Å²) < 4.78 is 15.1. The summed E-state index contributed by atoms with van der Waals surface area (Å²) in [6.45, 7) is 2.48. The number of aryl methyl sites for hydroxylation is 2. The number of carbonyl (C=O) groups is 1. The summed E-state index contributed by atoms with van der Waals surface area (Å²) in [5.41, 5.74) is 5.27. The molecule has 0 spiro atoms. The van der Waals surface area contributed by atoms with E-state index < -0.39 is 0 Å².